The summed E-state index contributed by atoms with van der Waals surface area (Å²) in [6, 6.07) is 3.34. The van der Waals surface area contributed by atoms with Gasteiger partial charge in [0.25, 0.3) is 0 Å². The summed E-state index contributed by atoms with van der Waals surface area (Å²) in [6.45, 7) is 6.98. The van der Waals surface area contributed by atoms with E-state index in [2.05, 4.69) is 4.98 Å². The van der Waals surface area contributed by atoms with Crippen LogP contribution in [-0.2, 0) is 17.8 Å². The first kappa shape index (κ1) is 18.1. The molecule has 0 radical (unpaired) electrons. The van der Waals surface area contributed by atoms with Crippen LogP contribution in [-0.4, -0.2) is 32.7 Å². The van der Waals surface area contributed by atoms with Gasteiger partial charge in [-0.15, -0.1) is 0 Å². The van der Waals surface area contributed by atoms with Gasteiger partial charge in [-0.1, -0.05) is 6.08 Å². The molecule has 5 nitrogen and oxygen atoms in total. The molecule has 138 valence electrons. The van der Waals surface area contributed by atoms with Crippen molar-refractivity contribution in [3.05, 3.63) is 53.1 Å². The number of halogens is 2. The lowest BCUT2D eigenvalue weighted by Gasteiger charge is -2.31. The molecule has 0 saturated heterocycles. The minimum absolute atomic E-state index is 0.350. The molecule has 0 fully saturated rings. The predicted octanol–water partition coefficient (Wildman–Crippen LogP) is 4.08. The predicted molar refractivity (Wildman–Crippen MR) is 94.2 cm³/mol. The van der Waals surface area contributed by atoms with Crippen LogP contribution in [0.1, 0.15) is 37.9 Å². The summed E-state index contributed by atoms with van der Waals surface area (Å²) in [5.41, 5.74) is 0.765. The first-order valence-electron chi connectivity index (χ1n) is 8.38. The average molecular weight is 361 g/mol. The molecule has 0 bridgehead atoms. The fourth-order valence-electron chi connectivity index (χ4n) is 2.76. The molecule has 26 heavy (non-hydrogen) atoms. The zero-order valence-corrected chi connectivity index (χ0v) is 15.0. The highest BCUT2D eigenvalue weighted by Gasteiger charge is 2.26. The quantitative estimate of drug-likeness (QED) is 0.810. The van der Waals surface area contributed by atoms with E-state index < -0.39 is 17.2 Å². The molecule has 0 N–H and O–H groups in total. The van der Waals surface area contributed by atoms with Crippen LogP contribution in [0.4, 0.5) is 13.6 Å². The Labute approximate surface area is 150 Å². The van der Waals surface area contributed by atoms with Crippen LogP contribution in [0, 0.1) is 11.6 Å². The molecule has 0 aliphatic carbocycles. The Kier molecular flexibility index (Phi) is 4.80. The zero-order chi connectivity index (χ0) is 18.9. The summed E-state index contributed by atoms with van der Waals surface area (Å²) in [5.74, 6) is -0.570. The lowest BCUT2D eigenvalue weighted by molar-refractivity contribution is 0.0199. The van der Waals surface area contributed by atoms with Gasteiger partial charge < -0.3 is 14.2 Å². The van der Waals surface area contributed by atoms with E-state index >= 15 is 0 Å². The van der Waals surface area contributed by atoms with E-state index in [1.165, 1.54) is 12.1 Å². The van der Waals surface area contributed by atoms with Gasteiger partial charge in [0.1, 0.15) is 23.1 Å². The molecule has 1 amide bonds. The summed E-state index contributed by atoms with van der Waals surface area (Å²) in [6.07, 6.45) is 4.67. The van der Waals surface area contributed by atoms with Gasteiger partial charge in [0.2, 0.25) is 0 Å². The van der Waals surface area contributed by atoms with Crippen molar-refractivity contribution in [1.29, 1.82) is 0 Å². The number of imidazole rings is 1. The van der Waals surface area contributed by atoms with E-state index in [1.54, 1.807) is 23.2 Å². The third-order valence-electron chi connectivity index (χ3n) is 3.88. The van der Waals surface area contributed by atoms with Crippen molar-refractivity contribution in [3.63, 3.8) is 0 Å². The standard InChI is InChI=1S/C19H21F2N3O2/c1-19(2,3)26-18(25)23-6-7-24-16(12-23)11-22-17(24)5-4-13-8-14(20)10-15(21)9-13/h4-5,8-11H,6-7,12H2,1-3H3/b5-4+. The second-order valence-electron chi connectivity index (χ2n) is 7.20. The van der Waals surface area contributed by atoms with E-state index in [-0.39, 0.29) is 6.09 Å². The zero-order valence-electron chi connectivity index (χ0n) is 15.0. The lowest BCUT2D eigenvalue weighted by atomic mass is 10.2. The molecule has 0 spiro atoms. The van der Waals surface area contributed by atoms with Gasteiger partial charge >= 0.3 is 6.09 Å². The second-order valence-corrected chi connectivity index (χ2v) is 7.20. The van der Waals surface area contributed by atoms with Crippen molar-refractivity contribution in [3.8, 4) is 0 Å². The molecule has 1 aliphatic rings. The Morgan fingerprint density at radius 1 is 1.15 bits per heavy atom. The molecule has 1 aromatic carbocycles. The summed E-state index contributed by atoms with van der Waals surface area (Å²) in [7, 11) is 0. The van der Waals surface area contributed by atoms with E-state index in [4.69, 9.17) is 4.74 Å². The number of aromatic nitrogens is 2. The third-order valence-corrected chi connectivity index (χ3v) is 3.88. The maximum absolute atomic E-state index is 13.3. The number of amides is 1. The van der Waals surface area contributed by atoms with E-state index in [0.29, 0.717) is 31.0 Å². The molecule has 7 heteroatoms. The Morgan fingerprint density at radius 3 is 2.50 bits per heavy atom. The van der Waals surface area contributed by atoms with Crippen LogP contribution in [0.2, 0.25) is 0 Å². The van der Waals surface area contributed by atoms with Crippen molar-refractivity contribution in [2.45, 2.75) is 39.5 Å². The largest absolute Gasteiger partial charge is 0.444 e. The molecule has 0 saturated carbocycles. The summed E-state index contributed by atoms with van der Waals surface area (Å²) < 4.78 is 33.9. The number of hydrogen-bond donors (Lipinski definition) is 0. The SMILES string of the molecule is CC(C)(C)OC(=O)N1CCn2c(cnc2/C=C/c2cc(F)cc(F)c2)C1. The van der Waals surface area contributed by atoms with Crippen molar-refractivity contribution in [2.24, 2.45) is 0 Å². The fourth-order valence-corrected chi connectivity index (χ4v) is 2.76. The molecular weight excluding hydrogens is 340 g/mol. The molecule has 0 unspecified atom stereocenters. The second kappa shape index (κ2) is 6.90. The number of carbonyl (C=O) groups is 1. The maximum atomic E-state index is 13.3. The van der Waals surface area contributed by atoms with Crippen molar-refractivity contribution < 1.29 is 18.3 Å². The molecule has 2 aromatic rings. The van der Waals surface area contributed by atoms with Gasteiger partial charge in [-0.25, -0.2) is 18.6 Å². The number of benzene rings is 1. The normalized spacial score (nSPS) is 14.6. The summed E-state index contributed by atoms with van der Waals surface area (Å²) in [5, 5.41) is 0. The van der Waals surface area contributed by atoms with Gasteiger partial charge in [-0.05, 0) is 44.5 Å². The van der Waals surface area contributed by atoms with Crippen molar-refractivity contribution >= 4 is 18.2 Å². The minimum atomic E-state index is -0.622. The van der Waals surface area contributed by atoms with Crippen molar-refractivity contribution in [1.82, 2.24) is 14.5 Å². The number of hydrogen-bond acceptors (Lipinski definition) is 3. The van der Waals surface area contributed by atoms with Gasteiger partial charge in [-0.3, -0.25) is 0 Å². The highest BCUT2D eigenvalue weighted by Crippen LogP contribution is 2.19. The molecule has 2 heterocycles. The first-order chi connectivity index (χ1) is 12.2. The van der Waals surface area contributed by atoms with Crippen LogP contribution in [0.15, 0.2) is 24.4 Å². The fraction of sp³-hybridized carbons (Fsp3) is 0.368. The minimum Gasteiger partial charge on any atom is -0.444 e. The topological polar surface area (TPSA) is 47.4 Å². The van der Waals surface area contributed by atoms with E-state index in [9.17, 15) is 13.6 Å². The first-order valence-corrected chi connectivity index (χ1v) is 8.38. The molecule has 0 atom stereocenters. The Balaban J connectivity index is 1.73. The number of nitrogens with zero attached hydrogens (tertiary/aromatic N) is 3. The molecule has 3 rings (SSSR count). The molecular formula is C19H21F2N3O2. The van der Waals surface area contributed by atoms with Crippen LogP contribution in [0.5, 0.6) is 0 Å². The highest BCUT2D eigenvalue weighted by molar-refractivity contribution is 5.69. The van der Waals surface area contributed by atoms with Crippen LogP contribution in [0.25, 0.3) is 12.2 Å². The molecule has 1 aromatic heterocycles. The van der Waals surface area contributed by atoms with Crippen molar-refractivity contribution in [2.75, 3.05) is 6.54 Å². The highest BCUT2D eigenvalue weighted by atomic mass is 19.1. The lowest BCUT2D eigenvalue weighted by Crippen LogP contribution is -2.41. The number of ether oxygens (including phenoxy) is 1. The van der Waals surface area contributed by atoms with E-state index in [0.717, 1.165) is 11.8 Å². The van der Waals surface area contributed by atoms with Gasteiger partial charge in [0.05, 0.1) is 18.4 Å². The number of rotatable bonds is 2. The van der Waals surface area contributed by atoms with Gasteiger partial charge in [0, 0.05) is 19.2 Å². The average Bonchev–Trinajstić information content (AvgIpc) is 2.92. The van der Waals surface area contributed by atoms with E-state index in [1.807, 2.05) is 25.3 Å². The van der Waals surface area contributed by atoms with Crippen LogP contribution >= 0.6 is 0 Å². The summed E-state index contributed by atoms with van der Waals surface area (Å²) >= 11 is 0. The maximum Gasteiger partial charge on any atom is 0.410 e. The van der Waals surface area contributed by atoms with Gasteiger partial charge in [-0.2, -0.15) is 0 Å². The van der Waals surface area contributed by atoms with Crippen LogP contribution in [0.3, 0.4) is 0 Å². The van der Waals surface area contributed by atoms with Gasteiger partial charge in [0.15, 0.2) is 0 Å². The third kappa shape index (κ3) is 4.28. The summed E-state index contributed by atoms with van der Waals surface area (Å²) in [4.78, 5) is 18.2. The molecule has 1 aliphatic heterocycles. The van der Waals surface area contributed by atoms with Crippen LogP contribution < -0.4 is 0 Å². The Morgan fingerprint density at radius 2 is 1.85 bits per heavy atom. The monoisotopic (exact) mass is 361 g/mol. The Hall–Kier alpha value is -2.70. The number of fused-ring (bicyclic) bond motifs is 1. The number of carbonyl (C=O) groups excluding carboxylic acids is 1. The Bertz CT molecular complexity index is 833. The smallest absolute Gasteiger partial charge is 0.410 e.